The monoisotopic (exact) mass is 381 g/mol. The van der Waals surface area contributed by atoms with Gasteiger partial charge >= 0.3 is 6.03 Å². The molecule has 0 aliphatic carbocycles. The summed E-state index contributed by atoms with van der Waals surface area (Å²) < 4.78 is 5.39. The van der Waals surface area contributed by atoms with Crippen molar-refractivity contribution in [3.63, 3.8) is 0 Å². The first-order valence-corrected chi connectivity index (χ1v) is 9.51. The minimum atomic E-state index is -0.296. The third-order valence-electron chi connectivity index (χ3n) is 4.89. The van der Waals surface area contributed by atoms with Crippen molar-refractivity contribution >= 4 is 23.3 Å². The lowest BCUT2D eigenvalue weighted by atomic mass is 10.0. The molecule has 6 nitrogen and oxygen atoms in total. The Balaban J connectivity index is 1.72. The number of carbonyl (C=O) groups is 2. The first kappa shape index (κ1) is 19.7. The van der Waals surface area contributed by atoms with Crippen molar-refractivity contribution in [2.45, 2.75) is 39.7 Å². The standard InChI is InChI=1S/C22H27N3O3/c1-14-10-15(2)12-17(11-14)16(3)23-22(27)24-18-7-8-20(28-4)19(13-18)25-9-5-6-21(25)26/h7-8,10-13,16H,5-6,9H2,1-4H3,(H2,23,24,27). The van der Waals surface area contributed by atoms with Crippen molar-refractivity contribution in [2.75, 3.05) is 23.9 Å². The van der Waals surface area contributed by atoms with E-state index < -0.39 is 0 Å². The lowest BCUT2D eigenvalue weighted by molar-refractivity contribution is -0.117. The highest BCUT2D eigenvalue weighted by Gasteiger charge is 2.25. The van der Waals surface area contributed by atoms with Crippen LogP contribution in [-0.2, 0) is 4.79 Å². The number of ether oxygens (including phenoxy) is 1. The maximum atomic E-state index is 12.5. The van der Waals surface area contributed by atoms with Gasteiger partial charge in [-0.1, -0.05) is 29.3 Å². The second-order valence-corrected chi connectivity index (χ2v) is 7.28. The number of urea groups is 1. The summed E-state index contributed by atoms with van der Waals surface area (Å²) in [5.74, 6) is 0.688. The molecule has 1 saturated heterocycles. The number of nitrogens with zero attached hydrogens (tertiary/aromatic N) is 1. The summed E-state index contributed by atoms with van der Waals surface area (Å²) in [4.78, 5) is 26.3. The van der Waals surface area contributed by atoms with E-state index in [0.717, 1.165) is 12.0 Å². The van der Waals surface area contributed by atoms with Gasteiger partial charge in [0.1, 0.15) is 5.75 Å². The average Bonchev–Trinajstić information content (AvgIpc) is 3.06. The van der Waals surface area contributed by atoms with Crippen LogP contribution in [-0.4, -0.2) is 25.6 Å². The highest BCUT2D eigenvalue weighted by atomic mass is 16.5. The van der Waals surface area contributed by atoms with Crippen LogP contribution in [0.15, 0.2) is 36.4 Å². The molecule has 2 aromatic carbocycles. The van der Waals surface area contributed by atoms with Crippen LogP contribution < -0.4 is 20.3 Å². The normalized spacial score (nSPS) is 14.7. The molecular weight excluding hydrogens is 354 g/mol. The van der Waals surface area contributed by atoms with Gasteiger partial charge in [-0.2, -0.15) is 0 Å². The second-order valence-electron chi connectivity index (χ2n) is 7.28. The molecule has 1 atom stereocenters. The maximum absolute atomic E-state index is 12.5. The first-order chi connectivity index (χ1) is 13.4. The molecule has 0 aromatic heterocycles. The van der Waals surface area contributed by atoms with Gasteiger partial charge in [-0.05, 0) is 51.0 Å². The number of amides is 3. The van der Waals surface area contributed by atoms with E-state index in [1.807, 2.05) is 20.8 Å². The molecule has 28 heavy (non-hydrogen) atoms. The number of anilines is 2. The SMILES string of the molecule is COc1ccc(NC(=O)NC(C)c2cc(C)cc(C)c2)cc1N1CCCC1=O. The molecule has 0 spiro atoms. The molecule has 2 aromatic rings. The fourth-order valence-electron chi connectivity index (χ4n) is 3.59. The van der Waals surface area contributed by atoms with Crippen LogP contribution in [0.2, 0.25) is 0 Å². The largest absolute Gasteiger partial charge is 0.495 e. The van der Waals surface area contributed by atoms with Gasteiger partial charge in [0.2, 0.25) is 5.91 Å². The molecule has 0 saturated carbocycles. The van der Waals surface area contributed by atoms with Crippen molar-refractivity contribution in [2.24, 2.45) is 0 Å². The third kappa shape index (κ3) is 4.44. The summed E-state index contributed by atoms with van der Waals surface area (Å²) in [5.41, 5.74) is 4.69. The van der Waals surface area contributed by atoms with E-state index >= 15 is 0 Å². The average molecular weight is 381 g/mol. The Morgan fingerprint density at radius 1 is 1.14 bits per heavy atom. The second kappa shape index (κ2) is 8.33. The van der Waals surface area contributed by atoms with E-state index in [0.29, 0.717) is 30.1 Å². The number of methoxy groups -OCH3 is 1. The molecule has 1 fully saturated rings. The zero-order valence-corrected chi connectivity index (χ0v) is 16.8. The van der Waals surface area contributed by atoms with Crippen LogP contribution >= 0.6 is 0 Å². The number of nitrogens with one attached hydrogen (secondary N) is 2. The van der Waals surface area contributed by atoms with Gasteiger partial charge in [-0.25, -0.2) is 4.79 Å². The summed E-state index contributed by atoms with van der Waals surface area (Å²) in [6.07, 6.45) is 1.36. The number of hydrogen-bond donors (Lipinski definition) is 2. The van der Waals surface area contributed by atoms with Gasteiger partial charge in [-0.3, -0.25) is 4.79 Å². The minimum Gasteiger partial charge on any atom is -0.495 e. The zero-order chi connectivity index (χ0) is 20.3. The molecule has 148 valence electrons. The van der Waals surface area contributed by atoms with Crippen LogP contribution in [0.3, 0.4) is 0 Å². The summed E-state index contributed by atoms with van der Waals surface area (Å²) in [6.45, 7) is 6.70. The fourth-order valence-corrected chi connectivity index (χ4v) is 3.59. The van der Waals surface area contributed by atoms with Crippen molar-refractivity contribution in [3.05, 3.63) is 53.1 Å². The molecule has 1 unspecified atom stereocenters. The molecule has 1 heterocycles. The van der Waals surface area contributed by atoms with E-state index in [9.17, 15) is 9.59 Å². The Labute approximate surface area is 165 Å². The summed E-state index contributed by atoms with van der Waals surface area (Å²) in [6, 6.07) is 11.1. The first-order valence-electron chi connectivity index (χ1n) is 9.51. The Morgan fingerprint density at radius 3 is 2.46 bits per heavy atom. The molecular formula is C22H27N3O3. The predicted molar refractivity (Wildman–Crippen MR) is 111 cm³/mol. The number of carbonyl (C=O) groups excluding carboxylic acids is 2. The highest BCUT2D eigenvalue weighted by Crippen LogP contribution is 2.34. The topological polar surface area (TPSA) is 70.7 Å². The van der Waals surface area contributed by atoms with Gasteiger partial charge in [0.15, 0.2) is 0 Å². The number of hydrogen-bond acceptors (Lipinski definition) is 3. The molecule has 3 amide bonds. The number of aryl methyl sites for hydroxylation is 2. The fraction of sp³-hybridized carbons (Fsp3) is 0.364. The van der Waals surface area contributed by atoms with E-state index in [-0.39, 0.29) is 18.0 Å². The van der Waals surface area contributed by atoms with Gasteiger partial charge in [-0.15, -0.1) is 0 Å². The Hall–Kier alpha value is -3.02. The predicted octanol–water partition coefficient (Wildman–Crippen LogP) is 4.32. The smallest absolute Gasteiger partial charge is 0.319 e. The van der Waals surface area contributed by atoms with Crippen molar-refractivity contribution in [1.29, 1.82) is 0 Å². The van der Waals surface area contributed by atoms with Crippen LogP contribution in [0.1, 0.15) is 42.5 Å². The van der Waals surface area contributed by atoms with Gasteiger partial charge in [0, 0.05) is 18.7 Å². The highest BCUT2D eigenvalue weighted by molar-refractivity contribution is 5.98. The van der Waals surface area contributed by atoms with Gasteiger partial charge < -0.3 is 20.3 Å². The Bertz CT molecular complexity index is 874. The Morgan fingerprint density at radius 2 is 1.86 bits per heavy atom. The third-order valence-corrected chi connectivity index (χ3v) is 4.89. The molecule has 2 N–H and O–H groups in total. The van der Waals surface area contributed by atoms with Crippen molar-refractivity contribution < 1.29 is 14.3 Å². The lowest BCUT2D eigenvalue weighted by Gasteiger charge is -2.21. The number of rotatable bonds is 5. The van der Waals surface area contributed by atoms with Crippen LogP contribution in [0.4, 0.5) is 16.2 Å². The van der Waals surface area contributed by atoms with Crippen LogP contribution in [0, 0.1) is 13.8 Å². The van der Waals surface area contributed by atoms with Gasteiger partial charge in [0.25, 0.3) is 0 Å². The zero-order valence-electron chi connectivity index (χ0n) is 16.8. The van der Waals surface area contributed by atoms with Crippen LogP contribution in [0.25, 0.3) is 0 Å². The minimum absolute atomic E-state index is 0.0725. The summed E-state index contributed by atoms with van der Waals surface area (Å²) >= 11 is 0. The van der Waals surface area contributed by atoms with Gasteiger partial charge in [0.05, 0.1) is 18.8 Å². The molecule has 1 aliphatic rings. The maximum Gasteiger partial charge on any atom is 0.319 e. The quantitative estimate of drug-likeness (QED) is 0.810. The molecule has 6 heteroatoms. The summed E-state index contributed by atoms with van der Waals surface area (Å²) in [7, 11) is 1.57. The van der Waals surface area contributed by atoms with E-state index in [1.165, 1.54) is 11.1 Å². The molecule has 0 radical (unpaired) electrons. The van der Waals surface area contributed by atoms with E-state index in [2.05, 4.69) is 28.8 Å². The van der Waals surface area contributed by atoms with Crippen molar-refractivity contribution in [3.8, 4) is 5.75 Å². The van der Waals surface area contributed by atoms with Crippen molar-refractivity contribution in [1.82, 2.24) is 5.32 Å². The molecule has 0 bridgehead atoms. The Kier molecular flexibility index (Phi) is 5.87. The van der Waals surface area contributed by atoms with E-state index in [1.54, 1.807) is 30.2 Å². The van der Waals surface area contributed by atoms with E-state index in [4.69, 9.17) is 4.74 Å². The molecule has 1 aliphatic heterocycles. The number of benzene rings is 2. The molecule has 3 rings (SSSR count). The van der Waals surface area contributed by atoms with Crippen LogP contribution in [0.5, 0.6) is 5.75 Å². The summed E-state index contributed by atoms with van der Waals surface area (Å²) in [5, 5.41) is 5.82. The lowest BCUT2D eigenvalue weighted by Crippen LogP contribution is -2.31.